The van der Waals surface area contributed by atoms with E-state index in [2.05, 4.69) is 5.32 Å². The third-order valence-corrected chi connectivity index (χ3v) is 4.37. The number of carbonyl (C=O) groups excluding carboxylic acids is 1. The first-order valence-corrected chi connectivity index (χ1v) is 9.01. The highest BCUT2D eigenvalue weighted by Crippen LogP contribution is 2.19. The summed E-state index contributed by atoms with van der Waals surface area (Å²) in [7, 11) is 0. The SMILES string of the molecule is CCc1ccccc1NC(=O)c1ccc(OCc2ccc(C(=O)O)cc2)cc1. The van der Waals surface area contributed by atoms with E-state index in [4.69, 9.17) is 9.84 Å². The lowest BCUT2D eigenvalue weighted by atomic mass is 10.1. The van der Waals surface area contributed by atoms with E-state index in [0.717, 1.165) is 23.2 Å². The molecule has 0 aliphatic carbocycles. The molecule has 0 fully saturated rings. The first-order valence-electron chi connectivity index (χ1n) is 9.01. The van der Waals surface area contributed by atoms with Gasteiger partial charge in [0, 0.05) is 11.3 Å². The van der Waals surface area contributed by atoms with Gasteiger partial charge in [0.05, 0.1) is 5.56 Å². The number of hydrogen-bond acceptors (Lipinski definition) is 3. The van der Waals surface area contributed by atoms with Gasteiger partial charge in [0.1, 0.15) is 12.4 Å². The van der Waals surface area contributed by atoms with Crippen molar-refractivity contribution >= 4 is 17.6 Å². The van der Waals surface area contributed by atoms with Gasteiger partial charge in [-0.3, -0.25) is 4.79 Å². The molecule has 3 rings (SSSR count). The summed E-state index contributed by atoms with van der Waals surface area (Å²) in [4.78, 5) is 23.3. The van der Waals surface area contributed by atoms with E-state index in [1.165, 1.54) is 0 Å². The molecule has 3 aromatic rings. The Balaban J connectivity index is 1.59. The van der Waals surface area contributed by atoms with Crippen molar-refractivity contribution in [1.29, 1.82) is 0 Å². The number of carboxylic acids is 1. The van der Waals surface area contributed by atoms with Crippen LogP contribution in [-0.4, -0.2) is 17.0 Å². The standard InChI is InChI=1S/C23H21NO4/c1-2-17-5-3-4-6-21(17)24-22(25)18-11-13-20(14-12-18)28-15-16-7-9-19(10-8-16)23(26)27/h3-14H,2,15H2,1H3,(H,24,25)(H,26,27). The maximum atomic E-state index is 12.5. The average molecular weight is 375 g/mol. The summed E-state index contributed by atoms with van der Waals surface area (Å²) in [6.45, 7) is 2.36. The van der Waals surface area contributed by atoms with Crippen molar-refractivity contribution in [2.45, 2.75) is 20.0 Å². The van der Waals surface area contributed by atoms with Gasteiger partial charge < -0.3 is 15.2 Å². The molecule has 5 heteroatoms. The molecule has 0 heterocycles. The van der Waals surface area contributed by atoms with E-state index >= 15 is 0 Å². The first kappa shape index (κ1) is 19.2. The lowest BCUT2D eigenvalue weighted by Gasteiger charge is -2.10. The topological polar surface area (TPSA) is 75.6 Å². The summed E-state index contributed by atoms with van der Waals surface area (Å²) in [5.41, 5.74) is 3.56. The highest BCUT2D eigenvalue weighted by molar-refractivity contribution is 6.04. The van der Waals surface area contributed by atoms with Gasteiger partial charge in [-0.05, 0) is 60.0 Å². The number of para-hydroxylation sites is 1. The van der Waals surface area contributed by atoms with E-state index < -0.39 is 5.97 Å². The number of benzene rings is 3. The summed E-state index contributed by atoms with van der Waals surface area (Å²) in [6.07, 6.45) is 0.844. The highest BCUT2D eigenvalue weighted by atomic mass is 16.5. The van der Waals surface area contributed by atoms with Crippen LogP contribution in [0.25, 0.3) is 0 Å². The normalized spacial score (nSPS) is 10.3. The fourth-order valence-electron chi connectivity index (χ4n) is 2.76. The average Bonchev–Trinajstić information content (AvgIpc) is 2.73. The smallest absolute Gasteiger partial charge is 0.335 e. The molecule has 0 aliphatic heterocycles. The van der Waals surface area contributed by atoms with Crippen molar-refractivity contribution in [1.82, 2.24) is 0 Å². The van der Waals surface area contributed by atoms with E-state index in [-0.39, 0.29) is 11.5 Å². The maximum Gasteiger partial charge on any atom is 0.335 e. The molecule has 0 unspecified atom stereocenters. The van der Waals surface area contributed by atoms with Crippen molar-refractivity contribution in [3.8, 4) is 5.75 Å². The molecule has 0 bridgehead atoms. The van der Waals surface area contributed by atoms with Crippen LogP contribution in [0.15, 0.2) is 72.8 Å². The number of carboxylic acid groups (broad SMARTS) is 1. The fraction of sp³-hybridized carbons (Fsp3) is 0.130. The van der Waals surface area contributed by atoms with Crippen LogP contribution < -0.4 is 10.1 Å². The van der Waals surface area contributed by atoms with Crippen molar-refractivity contribution in [3.63, 3.8) is 0 Å². The number of rotatable bonds is 7. The molecule has 3 aromatic carbocycles. The van der Waals surface area contributed by atoms with Crippen LogP contribution in [0.4, 0.5) is 5.69 Å². The number of carbonyl (C=O) groups is 2. The summed E-state index contributed by atoms with van der Waals surface area (Å²) < 4.78 is 5.70. The summed E-state index contributed by atoms with van der Waals surface area (Å²) in [6, 6.07) is 21.2. The molecule has 28 heavy (non-hydrogen) atoms. The number of ether oxygens (including phenoxy) is 1. The van der Waals surface area contributed by atoms with Gasteiger partial charge >= 0.3 is 5.97 Å². The minimum Gasteiger partial charge on any atom is -0.489 e. The van der Waals surface area contributed by atoms with Gasteiger partial charge in [-0.1, -0.05) is 37.3 Å². The van der Waals surface area contributed by atoms with Gasteiger partial charge in [0.25, 0.3) is 5.91 Å². The lowest BCUT2D eigenvalue weighted by Crippen LogP contribution is -2.13. The largest absolute Gasteiger partial charge is 0.489 e. The fourth-order valence-corrected chi connectivity index (χ4v) is 2.76. The monoisotopic (exact) mass is 375 g/mol. The Hall–Kier alpha value is -3.60. The molecule has 0 aromatic heterocycles. The number of aromatic carboxylic acids is 1. The molecule has 0 atom stereocenters. The van der Waals surface area contributed by atoms with Crippen LogP contribution in [0.5, 0.6) is 5.75 Å². The number of anilines is 1. The quantitative estimate of drug-likeness (QED) is 0.623. The van der Waals surface area contributed by atoms with Crippen LogP contribution in [-0.2, 0) is 13.0 Å². The number of aryl methyl sites for hydroxylation is 1. The van der Waals surface area contributed by atoms with Gasteiger partial charge in [-0.15, -0.1) is 0 Å². The van der Waals surface area contributed by atoms with Crippen LogP contribution in [0, 0.1) is 0 Å². The van der Waals surface area contributed by atoms with Gasteiger partial charge in [0.2, 0.25) is 0 Å². The summed E-state index contributed by atoms with van der Waals surface area (Å²) in [5, 5.41) is 11.9. The zero-order valence-electron chi connectivity index (χ0n) is 15.5. The van der Waals surface area contributed by atoms with Crippen molar-refractivity contribution < 1.29 is 19.4 Å². The van der Waals surface area contributed by atoms with Gasteiger partial charge in [0.15, 0.2) is 0 Å². The Labute approximate surface area is 163 Å². The highest BCUT2D eigenvalue weighted by Gasteiger charge is 2.09. The summed E-state index contributed by atoms with van der Waals surface area (Å²) >= 11 is 0. The van der Waals surface area contributed by atoms with Crippen LogP contribution in [0.2, 0.25) is 0 Å². The second-order valence-electron chi connectivity index (χ2n) is 6.28. The van der Waals surface area contributed by atoms with E-state index in [9.17, 15) is 9.59 Å². The zero-order chi connectivity index (χ0) is 19.9. The molecule has 142 valence electrons. The molecule has 0 saturated heterocycles. The molecular weight excluding hydrogens is 354 g/mol. The minimum atomic E-state index is -0.956. The Bertz CT molecular complexity index is 963. The number of hydrogen-bond donors (Lipinski definition) is 2. The van der Waals surface area contributed by atoms with Crippen LogP contribution >= 0.6 is 0 Å². The second kappa shape index (κ2) is 8.86. The predicted molar refractivity (Wildman–Crippen MR) is 108 cm³/mol. The van der Waals surface area contributed by atoms with Crippen LogP contribution in [0.1, 0.15) is 38.8 Å². The third-order valence-electron chi connectivity index (χ3n) is 4.37. The van der Waals surface area contributed by atoms with Crippen LogP contribution in [0.3, 0.4) is 0 Å². The second-order valence-corrected chi connectivity index (χ2v) is 6.28. The molecule has 0 spiro atoms. The number of nitrogens with one attached hydrogen (secondary N) is 1. The minimum absolute atomic E-state index is 0.170. The van der Waals surface area contributed by atoms with E-state index in [1.807, 2.05) is 31.2 Å². The molecule has 2 N–H and O–H groups in total. The molecule has 0 aliphatic rings. The Morgan fingerprint density at radius 3 is 2.18 bits per heavy atom. The van der Waals surface area contributed by atoms with E-state index in [1.54, 1.807) is 48.5 Å². The molecule has 5 nitrogen and oxygen atoms in total. The Morgan fingerprint density at radius 1 is 0.893 bits per heavy atom. The lowest BCUT2D eigenvalue weighted by molar-refractivity contribution is 0.0696. The maximum absolute atomic E-state index is 12.5. The van der Waals surface area contributed by atoms with Crippen molar-refractivity contribution in [2.24, 2.45) is 0 Å². The Kier molecular flexibility index (Phi) is 6.07. The predicted octanol–water partition coefficient (Wildman–Crippen LogP) is 4.78. The van der Waals surface area contributed by atoms with Crippen molar-refractivity contribution in [3.05, 3.63) is 95.1 Å². The summed E-state index contributed by atoms with van der Waals surface area (Å²) in [5.74, 6) is -0.493. The van der Waals surface area contributed by atoms with Gasteiger partial charge in [-0.25, -0.2) is 4.79 Å². The zero-order valence-corrected chi connectivity index (χ0v) is 15.5. The molecule has 0 saturated carbocycles. The number of amides is 1. The van der Waals surface area contributed by atoms with E-state index in [0.29, 0.717) is 17.9 Å². The third kappa shape index (κ3) is 4.76. The molecule has 0 radical (unpaired) electrons. The molecule has 1 amide bonds. The molecular formula is C23H21NO4. The van der Waals surface area contributed by atoms with Crippen molar-refractivity contribution in [2.75, 3.05) is 5.32 Å². The van der Waals surface area contributed by atoms with Gasteiger partial charge in [-0.2, -0.15) is 0 Å². The first-order chi connectivity index (χ1) is 13.6. The Morgan fingerprint density at radius 2 is 1.54 bits per heavy atom.